The topological polar surface area (TPSA) is 37.4 Å². The maximum Gasteiger partial charge on any atom is 0.227 e. The first-order valence-electron chi connectivity index (χ1n) is 5.69. The molecule has 18 heavy (non-hydrogen) atoms. The second-order valence-electron chi connectivity index (χ2n) is 4.45. The highest BCUT2D eigenvalue weighted by atomic mass is 79.9. The van der Waals surface area contributed by atoms with Gasteiger partial charge in [0.25, 0.3) is 0 Å². The third kappa shape index (κ3) is 2.59. The highest BCUT2D eigenvalue weighted by molar-refractivity contribution is 9.10. The van der Waals surface area contributed by atoms with Crippen molar-refractivity contribution in [1.82, 2.24) is 0 Å². The molecule has 3 nitrogen and oxygen atoms in total. The SMILES string of the molecule is CC(=O)c1cc(Br)ccc1N1CC(CCl)CC1=O. The van der Waals surface area contributed by atoms with Gasteiger partial charge in [-0.15, -0.1) is 11.6 Å². The van der Waals surface area contributed by atoms with Crippen molar-refractivity contribution < 1.29 is 9.59 Å². The van der Waals surface area contributed by atoms with Gasteiger partial charge in [0, 0.05) is 28.9 Å². The first-order chi connectivity index (χ1) is 8.52. The van der Waals surface area contributed by atoms with Crippen molar-refractivity contribution in [2.75, 3.05) is 17.3 Å². The molecule has 0 aliphatic carbocycles. The van der Waals surface area contributed by atoms with E-state index < -0.39 is 0 Å². The number of nitrogens with zero attached hydrogens (tertiary/aromatic N) is 1. The van der Waals surface area contributed by atoms with E-state index in [2.05, 4.69) is 15.9 Å². The molecular formula is C13H13BrClNO2. The largest absolute Gasteiger partial charge is 0.311 e. The normalized spacial score (nSPS) is 19.4. The number of carbonyl (C=O) groups is 2. The number of ketones is 1. The zero-order valence-corrected chi connectivity index (χ0v) is 12.3. The number of hydrogen-bond acceptors (Lipinski definition) is 2. The quantitative estimate of drug-likeness (QED) is 0.630. The van der Waals surface area contributed by atoms with Gasteiger partial charge in [0.2, 0.25) is 5.91 Å². The number of carbonyl (C=O) groups excluding carboxylic acids is 2. The summed E-state index contributed by atoms with van der Waals surface area (Å²) in [7, 11) is 0. The number of alkyl halides is 1. The molecule has 0 bridgehead atoms. The average molecular weight is 331 g/mol. The molecule has 1 heterocycles. The molecular weight excluding hydrogens is 318 g/mol. The molecule has 1 aromatic carbocycles. The van der Waals surface area contributed by atoms with E-state index in [9.17, 15) is 9.59 Å². The molecule has 1 atom stereocenters. The van der Waals surface area contributed by atoms with Crippen LogP contribution >= 0.6 is 27.5 Å². The van der Waals surface area contributed by atoms with Gasteiger partial charge in [0.1, 0.15) is 0 Å². The fraction of sp³-hybridized carbons (Fsp3) is 0.385. The number of Topliss-reactive ketones (excluding diaryl/α,β-unsaturated/α-hetero) is 1. The Balaban J connectivity index is 2.39. The lowest BCUT2D eigenvalue weighted by molar-refractivity contribution is -0.117. The molecule has 2 rings (SSSR count). The van der Waals surface area contributed by atoms with Gasteiger partial charge in [-0.3, -0.25) is 9.59 Å². The summed E-state index contributed by atoms with van der Waals surface area (Å²) < 4.78 is 0.831. The zero-order valence-electron chi connectivity index (χ0n) is 9.95. The summed E-state index contributed by atoms with van der Waals surface area (Å²) in [5.74, 6) is 0.621. The summed E-state index contributed by atoms with van der Waals surface area (Å²) in [4.78, 5) is 25.3. The standard InChI is InChI=1S/C13H13BrClNO2/c1-8(17)11-5-10(14)2-3-12(11)16-7-9(6-15)4-13(16)18/h2-3,5,9H,4,6-7H2,1H3. The molecule has 1 aliphatic heterocycles. The Morgan fingerprint density at radius 1 is 1.56 bits per heavy atom. The molecule has 0 aromatic heterocycles. The van der Waals surface area contributed by atoms with Crippen LogP contribution in [0.3, 0.4) is 0 Å². The van der Waals surface area contributed by atoms with Gasteiger partial charge >= 0.3 is 0 Å². The van der Waals surface area contributed by atoms with E-state index in [4.69, 9.17) is 11.6 Å². The van der Waals surface area contributed by atoms with Crippen LogP contribution in [0.5, 0.6) is 0 Å². The maximum atomic E-state index is 11.9. The highest BCUT2D eigenvalue weighted by Crippen LogP contribution is 2.30. The molecule has 0 radical (unpaired) electrons. The maximum absolute atomic E-state index is 11.9. The van der Waals surface area contributed by atoms with Crippen LogP contribution in [0.25, 0.3) is 0 Å². The summed E-state index contributed by atoms with van der Waals surface area (Å²) in [5.41, 5.74) is 1.25. The summed E-state index contributed by atoms with van der Waals surface area (Å²) in [6, 6.07) is 5.39. The molecule has 5 heteroatoms. The molecule has 96 valence electrons. The number of benzene rings is 1. The van der Waals surface area contributed by atoms with E-state index >= 15 is 0 Å². The Bertz CT molecular complexity index is 504. The van der Waals surface area contributed by atoms with E-state index in [0.29, 0.717) is 30.1 Å². The van der Waals surface area contributed by atoms with Crippen molar-refractivity contribution in [3.63, 3.8) is 0 Å². The van der Waals surface area contributed by atoms with Gasteiger partial charge in [0.15, 0.2) is 5.78 Å². The van der Waals surface area contributed by atoms with Crippen LogP contribution in [0, 0.1) is 5.92 Å². The smallest absolute Gasteiger partial charge is 0.227 e. The van der Waals surface area contributed by atoms with Crippen LogP contribution in [0.15, 0.2) is 22.7 Å². The molecule has 1 saturated heterocycles. The van der Waals surface area contributed by atoms with Gasteiger partial charge in [-0.1, -0.05) is 15.9 Å². The fourth-order valence-electron chi connectivity index (χ4n) is 2.14. The molecule has 0 N–H and O–H groups in total. The van der Waals surface area contributed by atoms with Gasteiger partial charge in [-0.2, -0.15) is 0 Å². The summed E-state index contributed by atoms with van der Waals surface area (Å²) in [6.07, 6.45) is 0.455. The van der Waals surface area contributed by atoms with Crippen molar-refractivity contribution in [3.8, 4) is 0 Å². The zero-order chi connectivity index (χ0) is 13.3. The predicted octanol–water partition coefficient (Wildman–Crippen LogP) is 3.24. The lowest BCUT2D eigenvalue weighted by Crippen LogP contribution is -2.26. The van der Waals surface area contributed by atoms with Gasteiger partial charge in [-0.25, -0.2) is 0 Å². The van der Waals surface area contributed by atoms with Crippen LogP contribution in [-0.2, 0) is 4.79 Å². The summed E-state index contributed by atoms with van der Waals surface area (Å²) in [6.45, 7) is 2.09. The minimum Gasteiger partial charge on any atom is -0.311 e. The number of hydrogen-bond donors (Lipinski definition) is 0. The Labute approximate surface area is 119 Å². The van der Waals surface area contributed by atoms with E-state index in [1.165, 1.54) is 6.92 Å². The van der Waals surface area contributed by atoms with Gasteiger partial charge < -0.3 is 4.90 Å². The third-order valence-electron chi connectivity index (χ3n) is 3.05. The fourth-order valence-corrected chi connectivity index (χ4v) is 2.71. The molecule has 1 fully saturated rings. The van der Waals surface area contributed by atoms with Crippen LogP contribution in [0.4, 0.5) is 5.69 Å². The van der Waals surface area contributed by atoms with Crippen molar-refractivity contribution in [2.24, 2.45) is 5.92 Å². The molecule has 0 spiro atoms. The summed E-state index contributed by atoms with van der Waals surface area (Å²) >= 11 is 9.14. The van der Waals surface area contributed by atoms with Crippen molar-refractivity contribution in [1.29, 1.82) is 0 Å². The van der Waals surface area contributed by atoms with Crippen molar-refractivity contribution in [2.45, 2.75) is 13.3 Å². The lowest BCUT2D eigenvalue weighted by Gasteiger charge is -2.19. The monoisotopic (exact) mass is 329 g/mol. The number of anilines is 1. The third-order valence-corrected chi connectivity index (χ3v) is 3.98. The Hall–Kier alpha value is -0.870. The average Bonchev–Trinajstić information content (AvgIpc) is 2.70. The van der Waals surface area contributed by atoms with Crippen LogP contribution in [0.1, 0.15) is 23.7 Å². The minimum atomic E-state index is -0.0478. The van der Waals surface area contributed by atoms with Crippen molar-refractivity contribution >= 4 is 44.9 Å². The van der Waals surface area contributed by atoms with Crippen LogP contribution in [0.2, 0.25) is 0 Å². The van der Waals surface area contributed by atoms with E-state index in [0.717, 1.165) is 4.47 Å². The molecule has 1 aromatic rings. The van der Waals surface area contributed by atoms with E-state index in [1.54, 1.807) is 17.0 Å². The van der Waals surface area contributed by atoms with Crippen LogP contribution in [-0.4, -0.2) is 24.1 Å². The first kappa shape index (κ1) is 13.6. The Kier molecular flexibility index (Phi) is 4.07. The van der Waals surface area contributed by atoms with Crippen LogP contribution < -0.4 is 4.90 Å². The minimum absolute atomic E-state index is 0.0328. The van der Waals surface area contributed by atoms with Crippen molar-refractivity contribution in [3.05, 3.63) is 28.2 Å². The first-order valence-corrected chi connectivity index (χ1v) is 7.02. The lowest BCUT2D eigenvalue weighted by atomic mass is 10.1. The number of halogens is 2. The molecule has 1 amide bonds. The Morgan fingerprint density at radius 3 is 2.83 bits per heavy atom. The van der Waals surface area contributed by atoms with Gasteiger partial charge in [-0.05, 0) is 31.0 Å². The Morgan fingerprint density at radius 2 is 2.28 bits per heavy atom. The predicted molar refractivity (Wildman–Crippen MR) is 75.3 cm³/mol. The molecule has 1 unspecified atom stereocenters. The highest BCUT2D eigenvalue weighted by Gasteiger charge is 2.31. The second kappa shape index (κ2) is 5.41. The van der Waals surface area contributed by atoms with E-state index in [-0.39, 0.29) is 17.6 Å². The number of amides is 1. The van der Waals surface area contributed by atoms with Gasteiger partial charge in [0.05, 0.1) is 5.69 Å². The van der Waals surface area contributed by atoms with E-state index in [1.807, 2.05) is 6.07 Å². The molecule has 1 aliphatic rings. The number of rotatable bonds is 3. The second-order valence-corrected chi connectivity index (χ2v) is 5.67. The summed E-state index contributed by atoms with van der Waals surface area (Å²) in [5, 5.41) is 0. The molecule has 0 saturated carbocycles.